The first-order chi connectivity index (χ1) is 21.6. The summed E-state index contributed by atoms with van der Waals surface area (Å²) in [5, 5.41) is 0.922. The number of rotatable bonds is 10. The van der Waals surface area contributed by atoms with Crippen molar-refractivity contribution in [2.45, 2.75) is 26.5 Å². The SMILES string of the molecule is CCOc1ccc([C@H]2C(C(=O)OC)=CN=c3s/c(=C\c4cc(Br)c(OCc5ccc(Cl)c(Cl)c5)c(Br)c4)c(=O)n32)cc1OCC. The number of carbonyl (C=O) groups is 1. The average molecular weight is 797 g/mol. The van der Waals surface area contributed by atoms with E-state index < -0.39 is 12.0 Å². The lowest BCUT2D eigenvalue weighted by Gasteiger charge is -2.23. The Hall–Kier alpha value is -3.09. The highest BCUT2D eigenvalue weighted by Crippen LogP contribution is 2.37. The minimum atomic E-state index is -0.790. The van der Waals surface area contributed by atoms with Crippen molar-refractivity contribution in [2.75, 3.05) is 20.3 Å². The second kappa shape index (κ2) is 14.6. The van der Waals surface area contributed by atoms with Gasteiger partial charge in [-0.3, -0.25) is 9.36 Å². The summed E-state index contributed by atoms with van der Waals surface area (Å²) in [5.41, 5.74) is 2.16. The number of methoxy groups -OCH3 is 1. The highest BCUT2D eigenvalue weighted by Gasteiger charge is 2.31. The van der Waals surface area contributed by atoms with Gasteiger partial charge in [-0.2, -0.15) is 0 Å². The quantitative estimate of drug-likeness (QED) is 0.158. The largest absolute Gasteiger partial charge is 0.490 e. The van der Waals surface area contributed by atoms with Gasteiger partial charge in [-0.05, 0) is 105 Å². The predicted octanol–water partition coefficient (Wildman–Crippen LogP) is 7.23. The number of benzene rings is 3. The van der Waals surface area contributed by atoms with Crippen LogP contribution in [0.25, 0.3) is 6.08 Å². The van der Waals surface area contributed by atoms with Gasteiger partial charge in [-0.1, -0.05) is 46.7 Å². The maximum absolute atomic E-state index is 14.0. The molecular formula is C32H26Br2Cl2N2O6S. The number of aromatic nitrogens is 1. The van der Waals surface area contributed by atoms with E-state index in [2.05, 4.69) is 36.9 Å². The fraction of sp³-hybridized carbons (Fsp3) is 0.219. The Kier molecular flexibility index (Phi) is 10.8. The number of nitrogens with zero attached hydrogens (tertiary/aromatic N) is 2. The third kappa shape index (κ3) is 7.18. The van der Waals surface area contributed by atoms with Crippen LogP contribution in [0.5, 0.6) is 17.2 Å². The molecule has 2 heterocycles. The number of hydrogen-bond acceptors (Lipinski definition) is 8. The van der Waals surface area contributed by atoms with Gasteiger partial charge in [0.05, 0.1) is 55.5 Å². The topological polar surface area (TPSA) is 88.4 Å². The molecule has 1 aliphatic heterocycles. The molecule has 5 rings (SSSR count). The van der Waals surface area contributed by atoms with Crippen molar-refractivity contribution < 1.29 is 23.7 Å². The van der Waals surface area contributed by atoms with E-state index in [1.54, 1.807) is 30.3 Å². The van der Waals surface area contributed by atoms with Crippen molar-refractivity contribution >= 4 is 78.4 Å². The minimum absolute atomic E-state index is 0.219. The lowest BCUT2D eigenvalue weighted by molar-refractivity contribution is -0.136. The maximum Gasteiger partial charge on any atom is 0.337 e. The van der Waals surface area contributed by atoms with Gasteiger partial charge >= 0.3 is 5.97 Å². The van der Waals surface area contributed by atoms with E-state index in [4.69, 9.17) is 42.1 Å². The van der Waals surface area contributed by atoms with E-state index in [9.17, 15) is 9.59 Å². The third-order valence-corrected chi connectivity index (χ3v) is 9.61. The molecule has 13 heteroatoms. The van der Waals surface area contributed by atoms with Crippen LogP contribution in [-0.4, -0.2) is 30.9 Å². The molecule has 0 spiro atoms. The van der Waals surface area contributed by atoms with Crippen LogP contribution in [0.3, 0.4) is 0 Å². The number of esters is 1. The monoisotopic (exact) mass is 794 g/mol. The fourth-order valence-electron chi connectivity index (χ4n) is 4.72. The summed E-state index contributed by atoms with van der Waals surface area (Å²) in [6, 6.07) is 13.6. The molecule has 1 atom stereocenters. The minimum Gasteiger partial charge on any atom is -0.490 e. The molecule has 234 valence electrons. The Morgan fingerprint density at radius 1 is 0.978 bits per heavy atom. The second-order valence-corrected chi connectivity index (χ2v) is 13.1. The summed E-state index contributed by atoms with van der Waals surface area (Å²) < 4.78 is 25.9. The van der Waals surface area contributed by atoms with Crippen LogP contribution in [0, 0.1) is 0 Å². The molecule has 0 radical (unpaired) electrons. The summed E-state index contributed by atoms with van der Waals surface area (Å²) >= 11 is 20.6. The van der Waals surface area contributed by atoms with Crippen LogP contribution in [0.1, 0.15) is 36.6 Å². The van der Waals surface area contributed by atoms with Gasteiger partial charge in [-0.25, -0.2) is 9.79 Å². The molecule has 0 unspecified atom stereocenters. The summed E-state index contributed by atoms with van der Waals surface area (Å²) in [7, 11) is 1.29. The van der Waals surface area contributed by atoms with Crippen LogP contribution in [0.2, 0.25) is 10.0 Å². The van der Waals surface area contributed by atoms with E-state index in [-0.39, 0.29) is 17.7 Å². The van der Waals surface area contributed by atoms with E-state index in [0.717, 1.165) is 11.1 Å². The van der Waals surface area contributed by atoms with Gasteiger partial charge < -0.3 is 18.9 Å². The van der Waals surface area contributed by atoms with Gasteiger partial charge in [0.15, 0.2) is 16.3 Å². The third-order valence-electron chi connectivity index (χ3n) is 6.69. The molecule has 3 aromatic carbocycles. The number of fused-ring (bicyclic) bond motifs is 1. The molecule has 0 saturated carbocycles. The highest BCUT2D eigenvalue weighted by molar-refractivity contribution is 9.11. The second-order valence-electron chi connectivity index (χ2n) is 9.60. The number of ether oxygens (including phenoxy) is 4. The fourth-order valence-corrected chi connectivity index (χ4v) is 7.47. The van der Waals surface area contributed by atoms with Crippen LogP contribution < -0.4 is 29.1 Å². The van der Waals surface area contributed by atoms with Crippen molar-refractivity contribution in [3.63, 3.8) is 0 Å². The average Bonchev–Trinajstić information content (AvgIpc) is 3.33. The number of hydrogen-bond donors (Lipinski definition) is 0. The first kappa shape index (κ1) is 33.3. The zero-order valence-electron chi connectivity index (χ0n) is 24.2. The summed E-state index contributed by atoms with van der Waals surface area (Å²) in [4.78, 5) is 31.7. The van der Waals surface area contributed by atoms with Crippen molar-refractivity contribution in [1.29, 1.82) is 0 Å². The van der Waals surface area contributed by atoms with Gasteiger partial charge in [0.25, 0.3) is 5.56 Å². The Morgan fingerprint density at radius 3 is 2.36 bits per heavy atom. The smallest absolute Gasteiger partial charge is 0.337 e. The van der Waals surface area contributed by atoms with Crippen LogP contribution in [0.4, 0.5) is 0 Å². The maximum atomic E-state index is 14.0. The Labute approximate surface area is 289 Å². The van der Waals surface area contributed by atoms with Crippen molar-refractivity contribution in [1.82, 2.24) is 4.57 Å². The molecule has 4 aromatic rings. The molecule has 0 aliphatic carbocycles. The number of halogens is 4. The molecular weight excluding hydrogens is 771 g/mol. The van der Waals surface area contributed by atoms with Crippen LogP contribution in [-0.2, 0) is 16.1 Å². The molecule has 0 bridgehead atoms. The van der Waals surface area contributed by atoms with Gasteiger partial charge in [0, 0.05) is 6.20 Å². The molecule has 0 N–H and O–H groups in total. The van der Waals surface area contributed by atoms with Gasteiger partial charge in [0.1, 0.15) is 12.4 Å². The first-order valence-corrected chi connectivity index (χ1v) is 16.9. The summed E-state index contributed by atoms with van der Waals surface area (Å²) in [5.74, 6) is 1.08. The molecule has 8 nitrogen and oxygen atoms in total. The normalized spacial score (nSPS) is 14.3. The molecule has 0 amide bonds. The molecule has 45 heavy (non-hydrogen) atoms. The Bertz CT molecular complexity index is 1970. The van der Waals surface area contributed by atoms with E-state index >= 15 is 0 Å². The Balaban J connectivity index is 1.53. The van der Waals surface area contributed by atoms with Crippen molar-refractivity contribution in [2.24, 2.45) is 4.99 Å². The van der Waals surface area contributed by atoms with Crippen LogP contribution in [0.15, 0.2) is 79.0 Å². The lowest BCUT2D eigenvalue weighted by Crippen LogP contribution is -2.39. The molecule has 0 saturated heterocycles. The van der Waals surface area contributed by atoms with Gasteiger partial charge in [-0.15, -0.1) is 0 Å². The highest BCUT2D eigenvalue weighted by atomic mass is 79.9. The molecule has 1 aromatic heterocycles. The standard InChI is InChI=1S/C32H26Br2Cl2N2O6S/c1-4-42-25-9-7-19(14-26(25)43-5-2)28-20(31(40)41-3)15-37-32-38(28)30(39)27(45-32)13-18-10-21(33)29(22(34)11-18)44-16-17-6-8-23(35)24(36)12-17/h6-15,28H,4-5,16H2,1-3H3/b27-13-/t28-/m0/s1. The predicted molar refractivity (Wildman–Crippen MR) is 183 cm³/mol. The Morgan fingerprint density at radius 2 is 1.69 bits per heavy atom. The summed E-state index contributed by atoms with van der Waals surface area (Å²) in [6.07, 6.45) is 3.22. The number of thiazole rings is 1. The van der Waals surface area contributed by atoms with Crippen molar-refractivity contribution in [3.05, 3.63) is 116 Å². The van der Waals surface area contributed by atoms with Crippen molar-refractivity contribution in [3.8, 4) is 17.2 Å². The summed E-state index contributed by atoms with van der Waals surface area (Å²) in [6.45, 7) is 4.89. The van der Waals surface area contributed by atoms with E-state index in [0.29, 0.717) is 64.4 Å². The van der Waals surface area contributed by atoms with E-state index in [1.165, 1.54) is 29.2 Å². The molecule has 0 fully saturated rings. The first-order valence-electron chi connectivity index (χ1n) is 13.7. The number of carbonyl (C=O) groups excluding carboxylic acids is 1. The zero-order valence-corrected chi connectivity index (χ0v) is 29.7. The molecule has 1 aliphatic rings. The van der Waals surface area contributed by atoms with Gasteiger partial charge in [0.2, 0.25) is 0 Å². The zero-order chi connectivity index (χ0) is 32.2. The van der Waals surface area contributed by atoms with E-state index in [1.807, 2.05) is 38.1 Å². The lowest BCUT2D eigenvalue weighted by atomic mass is 9.97. The van der Waals surface area contributed by atoms with Crippen LogP contribution >= 0.6 is 66.4 Å².